The highest BCUT2D eigenvalue weighted by molar-refractivity contribution is 5.83. The topological polar surface area (TPSA) is 49.8 Å². The molecular formula is C12H21NO3. The van der Waals surface area contributed by atoms with E-state index in [1.165, 1.54) is 19.3 Å². The molecule has 1 aliphatic heterocycles. The summed E-state index contributed by atoms with van der Waals surface area (Å²) in [4.78, 5) is 14.1. The molecule has 1 N–H and O–H groups in total. The van der Waals surface area contributed by atoms with Gasteiger partial charge in [0.05, 0.1) is 19.8 Å². The summed E-state index contributed by atoms with van der Waals surface area (Å²) in [6.45, 7) is 2.59. The van der Waals surface area contributed by atoms with Crippen LogP contribution in [0.1, 0.15) is 25.7 Å². The minimum atomic E-state index is 0.0984. The molecule has 16 heavy (non-hydrogen) atoms. The van der Waals surface area contributed by atoms with Crippen LogP contribution < -0.4 is 0 Å². The number of carbonyl (C=O) groups excluding carboxylic acids is 1. The molecule has 92 valence electrons. The predicted octanol–water partition coefficient (Wildman–Crippen LogP) is 0.439. The monoisotopic (exact) mass is 227 g/mol. The summed E-state index contributed by atoms with van der Waals surface area (Å²) in [7, 11) is 0. The smallest absolute Gasteiger partial charge is 0.152 e. The SMILES string of the molecule is O=C(CN(CCO)C1CCC1)C1CCOC1. The number of hydrogen-bond acceptors (Lipinski definition) is 4. The number of hydrogen-bond donors (Lipinski definition) is 1. The average Bonchev–Trinajstić information content (AvgIpc) is 2.67. The Morgan fingerprint density at radius 3 is 2.69 bits per heavy atom. The van der Waals surface area contributed by atoms with E-state index in [1.807, 2.05) is 0 Å². The minimum Gasteiger partial charge on any atom is -0.395 e. The third-order valence-corrected chi connectivity index (χ3v) is 3.72. The molecule has 0 spiro atoms. The van der Waals surface area contributed by atoms with Crippen molar-refractivity contribution in [2.45, 2.75) is 31.7 Å². The highest BCUT2D eigenvalue weighted by Gasteiger charge is 2.29. The van der Waals surface area contributed by atoms with E-state index in [4.69, 9.17) is 9.84 Å². The molecule has 1 saturated heterocycles. The van der Waals surface area contributed by atoms with Crippen molar-refractivity contribution in [1.29, 1.82) is 0 Å². The first-order valence-corrected chi connectivity index (χ1v) is 6.26. The van der Waals surface area contributed by atoms with Gasteiger partial charge in [-0.25, -0.2) is 0 Å². The molecule has 0 aromatic rings. The Balaban J connectivity index is 1.81. The van der Waals surface area contributed by atoms with E-state index in [2.05, 4.69) is 4.90 Å². The van der Waals surface area contributed by atoms with E-state index >= 15 is 0 Å². The minimum absolute atomic E-state index is 0.0984. The van der Waals surface area contributed by atoms with Crippen molar-refractivity contribution in [3.8, 4) is 0 Å². The van der Waals surface area contributed by atoms with E-state index in [9.17, 15) is 4.79 Å². The summed E-state index contributed by atoms with van der Waals surface area (Å²) in [5.74, 6) is 0.388. The van der Waals surface area contributed by atoms with Gasteiger partial charge in [0.2, 0.25) is 0 Å². The van der Waals surface area contributed by atoms with Crippen LogP contribution in [0.2, 0.25) is 0 Å². The van der Waals surface area contributed by atoms with Crippen molar-refractivity contribution >= 4 is 5.78 Å². The first-order chi connectivity index (χ1) is 7.81. The fourth-order valence-corrected chi connectivity index (χ4v) is 2.39. The summed E-state index contributed by atoms with van der Waals surface area (Å²) >= 11 is 0. The maximum Gasteiger partial charge on any atom is 0.152 e. The molecule has 1 unspecified atom stereocenters. The summed E-state index contributed by atoms with van der Waals surface area (Å²) in [6.07, 6.45) is 4.48. The Hall–Kier alpha value is -0.450. The second kappa shape index (κ2) is 5.75. The fourth-order valence-electron chi connectivity index (χ4n) is 2.39. The molecule has 2 aliphatic rings. The van der Waals surface area contributed by atoms with Crippen molar-refractivity contribution in [2.24, 2.45) is 5.92 Å². The van der Waals surface area contributed by atoms with Crippen molar-refractivity contribution in [3.05, 3.63) is 0 Å². The summed E-state index contributed by atoms with van der Waals surface area (Å²) in [5.41, 5.74) is 0. The summed E-state index contributed by atoms with van der Waals surface area (Å²) in [6, 6.07) is 0.526. The zero-order chi connectivity index (χ0) is 11.4. The highest BCUT2D eigenvalue weighted by Crippen LogP contribution is 2.25. The van der Waals surface area contributed by atoms with E-state index in [0.717, 1.165) is 13.0 Å². The second-order valence-corrected chi connectivity index (χ2v) is 4.81. The van der Waals surface area contributed by atoms with Gasteiger partial charge in [-0.3, -0.25) is 9.69 Å². The third-order valence-electron chi connectivity index (χ3n) is 3.72. The zero-order valence-electron chi connectivity index (χ0n) is 9.73. The van der Waals surface area contributed by atoms with E-state index in [1.54, 1.807) is 0 Å². The van der Waals surface area contributed by atoms with Gasteiger partial charge >= 0.3 is 0 Å². The lowest BCUT2D eigenvalue weighted by molar-refractivity contribution is -0.125. The molecule has 2 fully saturated rings. The van der Waals surface area contributed by atoms with Gasteiger partial charge in [0.1, 0.15) is 0 Å². The first kappa shape index (κ1) is 12.0. The van der Waals surface area contributed by atoms with Gasteiger partial charge in [-0.05, 0) is 19.3 Å². The van der Waals surface area contributed by atoms with Crippen LogP contribution >= 0.6 is 0 Å². The lowest BCUT2D eigenvalue weighted by Crippen LogP contribution is -2.45. The average molecular weight is 227 g/mol. The van der Waals surface area contributed by atoms with Crippen LogP contribution in [0.15, 0.2) is 0 Å². The predicted molar refractivity (Wildman–Crippen MR) is 60.2 cm³/mol. The maximum absolute atomic E-state index is 12.0. The quantitative estimate of drug-likeness (QED) is 0.715. The number of rotatable bonds is 6. The van der Waals surface area contributed by atoms with Gasteiger partial charge in [0.25, 0.3) is 0 Å². The largest absolute Gasteiger partial charge is 0.395 e. The van der Waals surface area contributed by atoms with Crippen LogP contribution in [-0.4, -0.2) is 54.7 Å². The molecule has 1 aliphatic carbocycles. The number of Topliss-reactive ketones (excluding diaryl/α,β-unsaturated/α-hetero) is 1. The van der Waals surface area contributed by atoms with E-state index in [0.29, 0.717) is 25.7 Å². The van der Waals surface area contributed by atoms with Gasteiger partial charge in [0.15, 0.2) is 5.78 Å². The lowest BCUT2D eigenvalue weighted by Gasteiger charge is -2.37. The standard InChI is InChI=1S/C12H21NO3/c14-6-5-13(11-2-1-3-11)8-12(15)10-4-7-16-9-10/h10-11,14H,1-9H2. The molecule has 4 heteroatoms. The molecule has 1 saturated carbocycles. The van der Waals surface area contributed by atoms with Crippen LogP contribution in [-0.2, 0) is 9.53 Å². The molecular weight excluding hydrogens is 206 g/mol. The lowest BCUT2D eigenvalue weighted by atomic mass is 9.90. The first-order valence-electron chi connectivity index (χ1n) is 6.26. The van der Waals surface area contributed by atoms with E-state index < -0.39 is 0 Å². The van der Waals surface area contributed by atoms with Crippen molar-refractivity contribution in [3.63, 3.8) is 0 Å². The summed E-state index contributed by atoms with van der Waals surface area (Å²) < 4.78 is 5.23. The third kappa shape index (κ3) is 2.81. The van der Waals surface area contributed by atoms with Crippen LogP contribution in [0.4, 0.5) is 0 Å². The zero-order valence-corrected chi connectivity index (χ0v) is 9.73. The normalized spacial score (nSPS) is 26.0. The van der Waals surface area contributed by atoms with Gasteiger partial charge in [-0.15, -0.1) is 0 Å². The highest BCUT2D eigenvalue weighted by atomic mass is 16.5. The number of carbonyl (C=O) groups is 1. The van der Waals surface area contributed by atoms with Crippen LogP contribution in [0.3, 0.4) is 0 Å². The van der Waals surface area contributed by atoms with Crippen LogP contribution in [0.5, 0.6) is 0 Å². The Morgan fingerprint density at radius 1 is 1.38 bits per heavy atom. The molecule has 0 radical (unpaired) electrons. The van der Waals surface area contributed by atoms with E-state index in [-0.39, 0.29) is 18.3 Å². The van der Waals surface area contributed by atoms with Gasteiger partial charge in [-0.1, -0.05) is 6.42 Å². The molecule has 2 rings (SSSR count). The fraction of sp³-hybridized carbons (Fsp3) is 0.917. The van der Waals surface area contributed by atoms with Crippen LogP contribution in [0, 0.1) is 5.92 Å². The van der Waals surface area contributed by atoms with Gasteiger partial charge in [-0.2, -0.15) is 0 Å². The number of aliphatic hydroxyl groups excluding tert-OH is 1. The molecule has 0 aromatic carbocycles. The van der Waals surface area contributed by atoms with Gasteiger partial charge in [0, 0.05) is 25.1 Å². The Labute approximate surface area is 96.6 Å². The molecule has 1 heterocycles. The Kier molecular flexibility index (Phi) is 4.32. The van der Waals surface area contributed by atoms with Crippen molar-refractivity contribution in [1.82, 2.24) is 4.90 Å². The van der Waals surface area contributed by atoms with Crippen molar-refractivity contribution < 1.29 is 14.6 Å². The van der Waals surface area contributed by atoms with Crippen molar-refractivity contribution in [2.75, 3.05) is 32.9 Å². The van der Waals surface area contributed by atoms with Crippen LogP contribution in [0.25, 0.3) is 0 Å². The molecule has 4 nitrogen and oxygen atoms in total. The molecule has 0 amide bonds. The molecule has 0 aromatic heterocycles. The number of aliphatic hydroxyl groups is 1. The number of ketones is 1. The Morgan fingerprint density at radius 2 is 2.19 bits per heavy atom. The molecule has 1 atom stereocenters. The maximum atomic E-state index is 12.0. The summed E-state index contributed by atoms with van der Waals surface area (Å²) in [5, 5.41) is 9.01. The van der Waals surface area contributed by atoms with Gasteiger partial charge < -0.3 is 9.84 Å². The Bertz CT molecular complexity index is 234. The molecule has 0 bridgehead atoms. The number of ether oxygens (including phenoxy) is 1. The number of nitrogens with zero attached hydrogens (tertiary/aromatic N) is 1. The second-order valence-electron chi connectivity index (χ2n) is 4.81.